The van der Waals surface area contributed by atoms with E-state index in [0.717, 1.165) is 167 Å². The zero-order valence-corrected chi connectivity index (χ0v) is 88.3. The zero-order chi connectivity index (χ0) is 96.2. The molecule has 39 heteroatoms. The maximum atomic E-state index is 12.9. The van der Waals surface area contributed by atoms with E-state index in [-0.39, 0.29) is 129 Å². The number of rotatable bonds is 18. The van der Waals surface area contributed by atoms with Crippen molar-refractivity contribution in [3.8, 4) is 34.2 Å². The van der Waals surface area contributed by atoms with Crippen molar-refractivity contribution in [3.05, 3.63) is 201 Å². The molecule has 4 N–H and O–H groups in total. The van der Waals surface area contributed by atoms with Gasteiger partial charge in [-0.2, -0.15) is 0 Å². The summed E-state index contributed by atoms with van der Waals surface area (Å²) in [7, 11) is 7.25. The van der Waals surface area contributed by atoms with E-state index < -0.39 is 36.2 Å². The van der Waals surface area contributed by atoms with Crippen molar-refractivity contribution >= 4 is 106 Å². The van der Waals surface area contributed by atoms with Crippen molar-refractivity contribution < 1.29 is 152 Å². The number of hydrogen-bond donors (Lipinski definition) is 3. The molecule has 34 nitrogen and oxygen atoms in total. The van der Waals surface area contributed by atoms with Gasteiger partial charge in [-0.25, -0.2) is 39.1 Å². The number of Topliss-reactive ketones (excluding diaryl/α,β-unsaturated/α-hetero) is 2. The summed E-state index contributed by atoms with van der Waals surface area (Å²) >= 11 is 3.22. The summed E-state index contributed by atoms with van der Waals surface area (Å²) in [6.07, 6.45) is 22.2. The number of aryl methyl sites for hydroxylation is 4. The van der Waals surface area contributed by atoms with Gasteiger partial charge in [-0.1, -0.05) is 6.58 Å². The molecule has 16 rings (SSSR count). The first-order valence-corrected chi connectivity index (χ1v) is 44.6. The number of aliphatic carboxylic acids is 1. The van der Waals surface area contributed by atoms with Crippen LogP contribution >= 0.6 is 15.9 Å². The van der Waals surface area contributed by atoms with E-state index in [9.17, 15) is 28.8 Å². The van der Waals surface area contributed by atoms with Crippen LogP contribution in [0.2, 0.25) is 0 Å². The quantitative estimate of drug-likeness (QED) is 0.0323. The number of morpholine rings is 3. The van der Waals surface area contributed by atoms with Crippen molar-refractivity contribution in [2.45, 2.75) is 161 Å². The minimum absolute atomic E-state index is 0. The second-order valence-corrected chi connectivity index (χ2v) is 34.0. The van der Waals surface area contributed by atoms with E-state index in [4.69, 9.17) is 57.5 Å². The van der Waals surface area contributed by atoms with Gasteiger partial charge in [-0.05, 0) is 197 Å². The molecular weight excluding hydrogens is 1810 g/mol. The molecule has 1 unspecified atom stereocenters. The van der Waals surface area contributed by atoms with Crippen LogP contribution in [0.25, 0.3) is 61.9 Å². The fourth-order valence-electron chi connectivity index (χ4n) is 15.4. The topological polar surface area (TPSA) is 380 Å². The van der Waals surface area contributed by atoms with Crippen LogP contribution in [0.5, 0.6) is 0 Å². The third-order valence-electron chi connectivity index (χ3n) is 22.4. The van der Waals surface area contributed by atoms with Crippen LogP contribution in [0.1, 0.15) is 207 Å². The number of imidazole rings is 4. The number of aromatic nitrogens is 12. The van der Waals surface area contributed by atoms with Crippen LogP contribution in [0.3, 0.4) is 0 Å². The van der Waals surface area contributed by atoms with E-state index in [2.05, 4.69) is 91.7 Å². The first-order chi connectivity index (χ1) is 62.1. The molecule has 3 radical (unpaired) electrons. The van der Waals surface area contributed by atoms with Gasteiger partial charge in [0.05, 0.1) is 121 Å². The van der Waals surface area contributed by atoms with E-state index >= 15 is 0 Å². The van der Waals surface area contributed by atoms with Crippen molar-refractivity contribution in [2.24, 2.45) is 28.2 Å². The van der Waals surface area contributed by atoms with Gasteiger partial charge >= 0.3 is 90.1 Å². The largest absolute Gasteiger partial charge is 1.00 e. The van der Waals surface area contributed by atoms with Gasteiger partial charge in [0.15, 0.2) is 16.3 Å². The summed E-state index contributed by atoms with van der Waals surface area (Å²) in [6.45, 7) is 49.5. The molecule has 4 aliphatic rings. The Morgan fingerprint density at radius 2 is 0.844 bits per heavy atom. The van der Waals surface area contributed by atoms with Crippen molar-refractivity contribution in [1.29, 1.82) is 0 Å². The number of aliphatic hydroxyl groups excluding tert-OH is 1. The standard InChI is InChI=1S/C23H30N4O3.C23H28N4O3.C20H26BNO5.C18H19N3O3.C4H5BrN2.C4H9NO.C2H4O2.C2H6O.B.2Na.H2O.H/c2*1-15(2)30-23(28)20-13-19-12-18(22-24-6-7-25(22)5)14-27(19)21(16(20)3)17(4)26-8-10-29-11-9-26;1-8-25-18(24)16-10-15-9-14(11-22(15)17(12(16)2)13(3)23)21-26-19(4,5)20(6,7)27-21;1-5-24-18(23)15-9-14-8-13(17-19-6-7-20(17)4)10-21(14)16(11(15)2)12(3)22;1-7-3-2-6-4(7)5;1-3-6-4-2-5-1;1-2(3)4;1-2-3;;;;;/h6-7,12-15,17H,8-11H2,1-5H3;6-7,12-15H,4,8-11H2,1-3,5H3;9-11H,8H2,1-7H3;6-10H,5H2,1-4H3;2-3H,1H3;5H,1-4H2;1H3,(H,3,4);3H,2H2,1H3;;;;1H2;/q;;;;;;;;;2*+1;;-1/p-1. The Hall–Kier alpha value is -9.64. The molecule has 4 aliphatic heterocycles. The summed E-state index contributed by atoms with van der Waals surface area (Å²) in [6, 6.07) is 15.4. The van der Waals surface area contributed by atoms with Crippen LogP contribution in [0, 0.1) is 27.7 Å². The monoisotopic (exact) mass is 1940 g/mol. The predicted octanol–water partition coefficient (Wildman–Crippen LogP) is 7.52. The number of fused-ring (bicyclic) bond motifs is 4. The Labute approximate surface area is 846 Å². The Bertz CT molecular complexity index is 5980. The normalized spacial score (nSPS) is 14.3. The number of aliphatic hydroxyl groups is 1. The summed E-state index contributed by atoms with van der Waals surface area (Å²) in [4.78, 5) is 106. The number of hydrogen-bond acceptors (Lipinski definition) is 25. The maximum absolute atomic E-state index is 12.9. The van der Waals surface area contributed by atoms with Gasteiger partial charge < -0.3 is 106 Å². The Morgan fingerprint density at radius 3 is 1.18 bits per heavy atom. The second kappa shape index (κ2) is 52.8. The molecule has 0 amide bonds. The molecule has 0 spiro atoms. The number of nitrogens with one attached hydrogen (secondary N) is 1. The Morgan fingerprint density at radius 1 is 0.511 bits per heavy atom. The minimum atomic E-state index is -0.833. The first-order valence-electron chi connectivity index (χ1n) is 43.8. The number of carboxylic acid groups (broad SMARTS) is 1. The van der Waals surface area contributed by atoms with Gasteiger partial charge in [0.25, 0.3) is 5.97 Å². The van der Waals surface area contributed by atoms with Crippen molar-refractivity contribution in [3.63, 3.8) is 0 Å². The molecule has 0 saturated carbocycles. The molecule has 12 aromatic rings. The Kier molecular flexibility index (Phi) is 45.3. The molecule has 1 atom stereocenters. The molecule has 135 heavy (non-hydrogen) atoms. The van der Waals surface area contributed by atoms with Gasteiger partial charge in [0.2, 0.25) is 0 Å². The third-order valence-corrected chi connectivity index (χ3v) is 23.2. The molecule has 16 heterocycles. The number of ether oxygens (including phenoxy) is 7. The number of carboxylic acids is 1. The molecule has 12 aromatic heterocycles. The number of pyridine rings is 4. The molecule has 0 bridgehead atoms. The van der Waals surface area contributed by atoms with Crippen LogP contribution in [-0.4, -0.2) is 260 Å². The van der Waals surface area contributed by atoms with Crippen LogP contribution in [0.15, 0.2) is 134 Å². The van der Waals surface area contributed by atoms with Gasteiger partial charge in [-0.3, -0.25) is 19.3 Å². The van der Waals surface area contributed by atoms with Crippen LogP contribution < -0.4 is 69.9 Å². The molecule has 0 aliphatic carbocycles. The first kappa shape index (κ1) is 116. The number of halogens is 1. The molecule has 4 fully saturated rings. The second-order valence-electron chi connectivity index (χ2n) is 33.3. The number of carbonyl (C=O) groups is 7. The summed E-state index contributed by atoms with van der Waals surface area (Å²) in [5, 5.41) is 18.1. The molecular formula is C96H129B2BrN15Na2O19. The minimum Gasteiger partial charge on any atom is -1.00 e. The van der Waals surface area contributed by atoms with E-state index in [1.165, 1.54) is 13.8 Å². The van der Waals surface area contributed by atoms with Crippen molar-refractivity contribution in [1.82, 2.24) is 70.9 Å². The number of nitrogens with zero attached hydrogens (tertiary/aromatic N) is 14. The van der Waals surface area contributed by atoms with E-state index in [1.807, 2.05) is 188 Å². The average molecular weight is 1940 g/mol. The average Bonchev–Trinajstić information content (AvgIpc) is 1.59. The number of carbonyl (C=O) groups excluding carboxylic acids is 6. The summed E-state index contributed by atoms with van der Waals surface area (Å²) < 4.78 is 66.1. The van der Waals surface area contributed by atoms with Gasteiger partial charge in [0, 0.05) is 234 Å². The zero-order valence-electron chi connectivity index (χ0n) is 83.8. The smallest absolute Gasteiger partial charge is 1.00 e. The van der Waals surface area contributed by atoms with E-state index in [0.29, 0.717) is 64.6 Å². The van der Waals surface area contributed by atoms with Crippen molar-refractivity contribution in [2.75, 3.05) is 98.7 Å². The Balaban J connectivity index is 0.000000350. The predicted molar refractivity (Wildman–Crippen MR) is 516 cm³/mol. The van der Waals surface area contributed by atoms with Gasteiger partial charge in [-0.15, -0.1) is 0 Å². The summed E-state index contributed by atoms with van der Waals surface area (Å²) in [5.41, 5.74) is 15.0. The fourth-order valence-corrected chi connectivity index (χ4v) is 15.6. The molecule has 717 valence electrons. The van der Waals surface area contributed by atoms with Gasteiger partial charge in [0.1, 0.15) is 17.5 Å². The number of ketones is 2. The fraction of sp³-hybridized carbons (Fsp3) is 0.448. The van der Waals surface area contributed by atoms with Crippen LogP contribution in [-0.2, 0) is 75.5 Å². The number of esters is 4. The molecule has 4 saturated heterocycles. The third kappa shape index (κ3) is 29.0. The van der Waals surface area contributed by atoms with E-state index in [1.54, 1.807) is 75.9 Å². The SMILES string of the molecule is C1COCCN1.C=C(c1c(C)c(C(=O)OC(C)C)cc2cc(-c3nccn3C)cn12)N1CCOCC1.CC(=O)O.CCO.CCOC(=O)c1cc2cc(-c3nccn3C)cn2c(C(C)=O)c1C.CCOC(=O)c1cc2cc(B3OC(C)(C)C(C)(C)O3)cn2c(C(C)=O)c1C.Cc1c(C(=O)OC(C)C)cc2cc(-c3nccn3C)cn2c1C(C)N1CCOCC1.Cn1ccnc1Br.[B].[H-].[Na+].[Na+].[OH-]. The van der Waals surface area contributed by atoms with Crippen LogP contribution in [0.4, 0.5) is 0 Å². The summed E-state index contributed by atoms with van der Waals surface area (Å²) in [5.74, 6) is 0.0474. The maximum Gasteiger partial charge on any atom is 1.00 e. The molecule has 0 aromatic carbocycles.